The van der Waals surface area contributed by atoms with Crippen molar-refractivity contribution in [2.24, 2.45) is 21.1 Å². The van der Waals surface area contributed by atoms with E-state index in [1.165, 1.54) is 0 Å². The Morgan fingerprint density at radius 2 is 2.00 bits per heavy atom. The first-order valence-electron chi connectivity index (χ1n) is 5.35. The standard InChI is InChI=1S/C10H13Cl2NO2S/c1-8(2)6-3-4-9(8)5-16(14,15)13-7(9)10(6,11)12/h6H,3-5H2,1-2H3/t6-,9-/m0/s1. The Kier molecular flexibility index (Phi) is 1.85. The van der Waals surface area contributed by atoms with Gasteiger partial charge in [0, 0.05) is 11.3 Å². The average Bonchev–Trinajstić information content (AvgIpc) is 2.53. The molecule has 2 atom stereocenters. The molecule has 0 aromatic carbocycles. The van der Waals surface area contributed by atoms with Gasteiger partial charge in [-0.25, -0.2) is 8.42 Å². The van der Waals surface area contributed by atoms with Crippen LogP contribution in [0.4, 0.5) is 0 Å². The second kappa shape index (κ2) is 2.62. The highest BCUT2D eigenvalue weighted by molar-refractivity contribution is 7.90. The Bertz CT molecular complexity index is 509. The van der Waals surface area contributed by atoms with Gasteiger partial charge in [-0.1, -0.05) is 37.0 Å². The average molecular weight is 282 g/mol. The van der Waals surface area contributed by atoms with Crippen molar-refractivity contribution in [3.8, 4) is 0 Å². The smallest absolute Gasteiger partial charge is 0.205 e. The number of nitrogens with zero attached hydrogens (tertiary/aromatic N) is 1. The lowest BCUT2D eigenvalue weighted by atomic mass is 9.70. The molecule has 3 nitrogen and oxygen atoms in total. The molecule has 3 aliphatic rings. The quantitative estimate of drug-likeness (QED) is 0.640. The van der Waals surface area contributed by atoms with Gasteiger partial charge in [0.1, 0.15) is 0 Å². The molecule has 2 fully saturated rings. The maximum atomic E-state index is 11.7. The fourth-order valence-electron chi connectivity index (χ4n) is 3.91. The van der Waals surface area contributed by atoms with Gasteiger partial charge in [0.25, 0.3) is 10.0 Å². The molecule has 0 saturated heterocycles. The van der Waals surface area contributed by atoms with Crippen LogP contribution < -0.4 is 0 Å². The maximum absolute atomic E-state index is 11.7. The van der Waals surface area contributed by atoms with Gasteiger partial charge in [0.2, 0.25) is 0 Å². The molecule has 0 N–H and O–H groups in total. The van der Waals surface area contributed by atoms with Gasteiger partial charge >= 0.3 is 0 Å². The van der Waals surface area contributed by atoms with Gasteiger partial charge in [0.05, 0.1) is 11.5 Å². The molecule has 0 amide bonds. The van der Waals surface area contributed by atoms with Gasteiger partial charge < -0.3 is 0 Å². The van der Waals surface area contributed by atoms with Crippen LogP contribution in [0.1, 0.15) is 26.7 Å². The zero-order valence-electron chi connectivity index (χ0n) is 9.13. The SMILES string of the molecule is CC1(C)[C@@H]2CC[C@@]13CS(=O)(=O)N=C3C2(Cl)Cl. The fraction of sp³-hybridized carbons (Fsp3) is 0.900. The summed E-state index contributed by atoms with van der Waals surface area (Å²) in [5, 5.41) is 0. The first-order chi connectivity index (χ1) is 7.14. The summed E-state index contributed by atoms with van der Waals surface area (Å²) in [5.41, 5.74) is -0.0941. The summed E-state index contributed by atoms with van der Waals surface area (Å²) in [6.45, 7) is 4.13. The van der Waals surface area contributed by atoms with E-state index in [1.54, 1.807) is 0 Å². The van der Waals surface area contributed by atoms with Crippen LogP contribution in [0, 0.1) is 16.7 Å². The fourth-order valence-corrected chi connectivity index (χ4v) is 7.15. The number of rotatable bonds is 0. The van der Waals surface area contributed by atoms with E-state index in [0.717, 1.165) is 12.8 Å². The Balaban J connectivity index is 2.31. The maximum Gasteiger partial charge on any atom is 0.254 e. The molecule has 1 heterocycles. The van der Waals surface area contributed by atoms with Crippen molar-refractivity contribution in [3.05, 3.63) is 0 Å². The summed E-state index contributed by atoms with van der Waals surface area (Å²) in [7, 11) is -3.37. The minimum atomic E-state index is -3.37. The second-order valence-electron chi connectivity index (χ2n) is 5.68. The first kappa shape index (κ1) is 11.3. The molecular formula is C10H13Cl2NO2S. The molecule has 0 unspecified atom stereocenters. The third-order valence-electron chi connectivity index (χ3n) is 4.83. The molecule has 1 aliphatic heterocycles. The lowest BCUT2D eigenvalue weighted by Crippen LogP contribution is -2.39. The molecule has 0 aromatic rings. The van der Waals surface area contributed by atoms with Crippen molar-refractivity contribution in [2.75, 3.05) is 5.75 Å². The van der Waals surface area contributed by atoms with Crippen molar-refractivity contribution >= 4 is 38.9 Å². The summed E-state index contributed by atoms with van der Waals surface area (Å²) in [6, 6.07) is 0. The molecular weight excluding hydrogens is 269 g/mol. The van der Waals surface area contributed by atoms with E-state index in [4.69, 9.17) is 23.2 Å². The third-order valence-corrected chi connectivity index (χ3v) is 7.03. The van der Waals surface area contributed by atoms with Crippen LogP contribution >= 0.6 is 23.2 Å². The van der Waals surface area contributed by atoms with Crippen molar-refractivity contribution in [1.82, 2.24) is 0 Å². The van der Waals surface area contributed by atoms with Crippen LogP contribution in [0.3, 0.4) is 0 Å². The highest BCUT2D eigenvalue weighted by atomic mass is 35.5. The molecule has 0 aromatic heterocycles. The number of hydrogen-bond acceptors (Lipinski definition) is 2. The molecule has 2 bridgehead atoms. The van der Waals surface area contributed by atoms with Crippen molar-refractivity contribution in [1.29, 1.82) is 0 Å². The number of sulfonamides is 1. The zero-order valence-corrected chi connectivity index (χ0v) is 11.5. The summed E-state index contributed by atoms with van der Waals surface area (Å²) in [6.07, 6.45) is 1.72. The largest absolute Gasteiger partial charge is 0.254 e. The Hall–Kier alpha value is 0.200. The monoisotopic (exact) mass is 281 g/mol. The predicted molar refractivity (Wildman–Crippen MR) is 64.6 cm³/mol. The Morgan fingerprint density at radius 3 is 2.56 bits per heavy atom. The zero-order chi connectivity index (χ0) is 12.0. The predicted octanol–water partition coefficient (Wildman–Crippen LogP) is 2.38. The summed E-state index contributed by atoms with van der Waals surface area (Å²) >= 11 is 12.7. The van der Waals surface area contributed by atoms with Gasteiger partial charge in [-0.3, -0.25) is 0 Å². The Labute approximate surface area is 105 Å². The Morgan fingerprint density at radius 1 is 1.38 bits per heavy atom. The van der Waals surface area contributed by atoms with Gasteiger partial charge in [-0.05, 0) is 18.3 Å². The molecule has 1 spiro atoms. The van der Waals surface area contributed by atoms with Crippen LogP contribution in [-0.4, -0.2) is 24.2 Å². The van der Waals surface area contributed by atoms with Crippen molar-refractivity contribution in [3.63, 3.8) is 0 Å². The molecule has 2 saturated carbocycles. The van der Waals surface area contributed by atoms with Crippen molar-refractivity contribution < 1.29 is 8.42 Å². The number of alkyl halides is 2. The lowest BCUT2D eigenvalue weighted by molar-refractivity contribution is 0.195. The van der Waals surface area contributed by atoms with Crippen LogP contribution in [0.15, 0.2) is 4.40 Å². The normalized spacial score (nSPS) is 45.5. The molecule has 16 heavy (non-hydrogen) atoms. The lowest BCUT2D eigenvalue weighted by Gasteiger charge is -2.33. The van der Waals surface area contributed by atoms with Gasteiger partial charge in [-0.2, -0.15) is 4.40 Å². The molecule has 3 rings (SSSR count). The summed E-state index contributed by atoms with van der Waals surface area (Å²) < 4.78 is 26.1. The van der Waals surface area contributed by atoms with E-state index >= 15 is 0 Å². The van der Waals surface area contributed by atoms with E-state index in [-0.39, 0.29) is 17.1 Å². The molecule has 0 radical (unpaired) electrons. The van der Waals surface area contributed by atoms with E-state index in [0.29, 0.717) is 5.71 Å². The molecule has 2 aliphatic carbocycles. The van der Waals surface area contributed by atoms with Gasteiger partial charge in [0.15, 0.2) is 4.33 Å². The molecule has 90 valence electrons. The minimum Gasteiger partial charge on any atom is -0.205 e. The highest BCUT2D eigenvalue weighted by Gasteiger charge is 2.75. The van der Waals surface area contributed by atoms with E-state index < -0.39 is 19.8 Å². The van der Waals surface area contributed by atoms with Crippen LogP contribution in [0.25, 0.3) is 0 Å². The van der Waals surface area contributed by atoms with Crippen molar-refractivity contribution in [2.45, 2.75) is 31.0 Å². The van der Waals surface area contributed by atoms with Crippen LogP contribution in [-0.2, 0) is 10.0 Å². The highest BCUT2D eigenvalue weighted by Crippen LogP contribution is 2.72. The number of hydrogen-bond donors (Lipinski definition) is 0. The van der Waals surface area contributed by atoms with E-state index in [2.05, 4.69) is 18.2 Å². The number of halogens is 2. The first-order valence-corrected chi connectivity index (χ1v) is 7.71. The topological polar surface area (TPSA) is 46.5 Å². The summed E-state index contributed by atoms with van der Waals surface area (Å²) in [5.74, 6) is 0.192. The summed E-state index contributed by atoms with van der Waals surface area (Å²) in [4.78, 5) is 0. The molecule has 6 heteroatoms. The van der Waals surface area contributed by atoms with E-state index in [1.807, 2.05) is 0 Å². The number of fused-ring (bicyclic) bond motifs is 1. The van der Waals surface area contributed by atoms with Crippen LogP contribution in [0.5, 0.6) is 0 Å². The van der Waals surface area contributed by atoms with Gasteiger partial charge in [-0.15, -0.1) is 0 Å². The van der Waals surface area contributed by atoms with Crippen LogP contribution in [0.2, 0.25) is 0 Å². The van der Waals surface area contributed by atoms with E-state index in [9.17, 15) is 8.42 Å². The second-order valence-corrected chi connectivity index (χ2v) is 8.71. The minimum absolute atomic E-state index is 0.0834. The third kappa shape index (κ3) is 0.982.